The molecule has 20 heavy (non-hydrogen) atoms. The Labute approximate surface area is 130 Å². The first-order chi connectivity index (χ1) is 9.60. The van der Waals surface area contributed by atoms with Crippen LogP contribution in [0.4, 0.5) is 5.69 Å². The molecule has 0 saturated heterocycles. The van der Waals surface area contributed by atoms with Crippen LogP contribution in [0.25, 0.3) is 0 Å². The van der Waals surface area contributed by atoms with Crippen LogP contribution < -0.4 is 5.73 Å². The van der Waals surface area contributed by atoms with Gasteiger partial charge in [0.05, 0.1) is 10.0 Å². The molecule has 0 fully saturated rings. The Morgan fingerprint density at radius 1 is 1.05 bits per heavy atom. The molecule has 2 nitrogen and oxygen atoms in total. The van der Waals surface area contributed by atoms with Gasteiger partial charge in [-0.3, -0.25) is 4.90 Å². The number of rotatable bonds is 5. The topological polar surface area (TPSA) is 29.3 Å². The largest absolute Gasteiger partial charge is 0.399 e. The molecular weight excluding hydrogens is 291 g/mol. The Kier molecular flexibility index (Phi) is 5.30. The molecule has 2 N–H and O–H groups in total. The van der Waals surface area contributed by atoms with Crippen LogP contribution in [0.5, 0.6) is 0 Å². The maximum absolute atomic E-state index is 6.24. The van der Waals surface area contributed by atoms with Gasteiger partial charge in [-0.15, -0.1) is 0 Å². The van der Waals surface area contributed by atoms with Crippen LogP contribution in [0.3, 0.4) is 0 Å². The molecule has 0 radical (unpaired) electrons. The second kappa shape index (κ2) is 6.98. The van der Waals surface area contributed by atoms with Crippen molar-refractivity contribution in [1.82, 2.24) is 4.90 Å². The minimum absolute atomic E-state index is 0.601. The van der Waals surface area contributed by atoms with E-state index in [4.69, 9.17) is 28.9 Å². The van der Waals surface area contributed by atoms with Crippen LogP contribution in [-0.4, -0.2) is 11.4 Å². The lowest BCUT2D eigenvalue weighted by atomic mass is 10.1. The van der Waals surface area contributed by atoms with Crippen LogP contribution in [0.1, 0.15) is 18.1 Å². The number of halogens is 2. The van der Waals surface area contributed by atoms with Crippen molar-refractivity contribution in [3.63, 3.8) is 0 Å². The number of nitrogens with two attached hydrogens (primary N) is 1. The number of hydrogen-bond acceptors (Lipinski definition) is 2. The average Bonchev–Trinajstić information content (AvgIpc) is 2.43. The first-order valence-electron chi connectivity index (χ1n) is 6.59. The van der Waals surface area contributed by atoms with Crippen LogP contribution in [0.2, 0.25) is 10.0 Å². The van der Waals surface area contributed by atoms with Crippen molar-refractivity contribution in [1.29, 1.82) is 0 Å². The molecule has 0 aliphatic carbocycles. The highest BCUT2D eigenvalue weighted by Crippen LogP contribution is 2.26. The fourth-order valence-electron chi connectivity index (χ4n) is 2.14. The summed E-state index contributed by atoms with van der Waals surface area (Å²) < 4.78 is 0. The molecule has 0 aliphatic heterocycles. The number of benzene rings is 2. The van der Waals surface area contributed by atoms with Crippen molar-refractivity contribution in [3.8, 4) is 0 Å². The van der Waals surface area contributed by atoms with Crippen molar-refractivity contribution in [2.24, 2.45) is 0 Å². The van der Waals surface area contributed by atoms with Crippen LogP contribution in [0.15, 0.2) is 42.5 Å². The molecular formula is C16H18Cl2N2. The zero-order valence-electron chi connectivity index (χ0n) is 11.4. The maximum atomic E-state index is 6.24. The molecule has 2 rings (SSSR count). The summed E-state index contributed by atoms with van der Waals surface area (Å²) in [6.07, 6.45) is 0. The molecule has 0 aliphatic rings. The molecule has 0 saturated carbocycles. The van der Waals surface area contributed by atoms with E-state index in [1.807, 2.05) is 36.4 Å². The summed E-state index contributed by atoms with van der Waals surface area (Å²) in [4.78, 5) is 2.30. The molecule has 2 aromatic rings. The number of nitrogens with zero attached hydrogens (tertiary/aromatic N) is 1. The van der Waals surface area contributed by atoms with Gasteiger partial charge in [0.15, 0.2) is 0 Å². The second-order valence-corrected chi connectivity index (χ2v) is 5.55. The minimum Gasteiger partial charge on any atom is -0.399 e. The molecule has 106 valence electrons. The van der Waals surface area contributed by atoms with Gasteiger partial charge in [-0.25, -0.2) is 0 Å². The van der Waals surface area contributed by atoms with Gasteiger partial charge in [-0.05, 0) is 35.9 Å². The molecule has 0 atom stereocenters. The second-order valence-electron chi connectivity index (χ2n) is 4.76. The highest BCUT2D eigenvalue weighted by Gasteiger charge is 2.09. The van der Waals surface area contributed by atoms with Crippen molar-refractivity contribution in [3.05, 3.63) is 63.6 Å². The van der Waals surface area contributed by atoms with Gasteiger partial charge in [0.25, 0.3) is 0 Å². The molecule has 0 aromatic heterocycles. The molecule has 4 heteroatoms. The Morgan fingerprint density at radius 3 is 2.50 bits per heavy atom. The summed E-state index contributed by atoms with van der Waals surface area (Å²) in [5.41, 5.74) is 8.85. The van der Waals surface area contributed by atoms with E-state index in [0.717, 1.165) is 30.9 Å². The predicted molar refractivity (Wildman–Crippen MR) is 87.1 cm³/mol. The molecule has 0 spiro atoms. The van der Waals surface area contributed by atoms with Crippen LogP contribution >= 0.6 is 23.2 Å². The maximum Gasteiger partial charge on any atom is 0.0637 e. The fraction of sp³-hybridized carbons (Fsp3) is 0.250. The smallest absolute Gasteiger partial charge is 0.0637 e. The molecule has 0 heterocycles. The zero-order chi connectivity index (χ0) is 14.5. The van der Waals surface area contributed by atoms with Gasteiger partial charge in [0, 0.05) is 18.8 Å². The first kappa shape index (κ1) is 15.2. The Morgan fingerprint density at radius 2 is 1.80 bits per heavy atom. The lowest BCUT2D eigenvalue weighted by molar-refractivity contribution is 0.271. The van der Waals surface area contributed by atoms with Crippen molar-refractivity contribution in [2.75, 3.05) is 12.3 Å². The molecule has 2 aromatic carbocycles. The third-order valence-electron chi connectivity index (χ3n) is 3.23. The van der Waals surface area contributed by atoms with Gasteiger partial charge in [-0.2, -0.15) is 0 Å². The van der Waals surface area contributed by atoms with Crippen LogP contribution in [-0.2, 0) is 13.1 Å². The summed E-state index contributed by atoms with van der Waals surface area (Å²) in [7, 11) is 0. The van der Waals surface area contributed by atoms with E-state index in [9.17, 15) is 0 Å². The Bertz CT molecular complexity index is 584. The average molecular weight is 309 g/mol. The number of anilines is 1. The van der Waals surface area contributed by atoms with Gasteiger partial charge < -0.3 is 5.73 Å². The molecule has 0 unspecified atom stereocenters. The van der Waals surface area contributed by atoms with Crippen molar-refractivity contribution >= 4 is 28.9 Å². The highest BCUT2D eigenvalue weighted by molar-refractivity contribution is 6.42. The van der Waals surface area contributed by atoms with E-state index in [-0.39, 0.29) is 0 Å². The van der Waals surface area contributed by atoms with Crippen LogP contribution in [0, 0.1) is 0 Å². The summed E-state index contributed by atoms with van der Waals surface area (Å²) in [6.45, 7) is 4.66. The minimum atomic E-state index is 0.601. The summed E-state index contributed by atoms with van der Waals surface area (Å²) in [6, 6.07) is 13.7. The lowest BCUT2D eigenvalue weighted by Crippen LogP contribution is -2.22. The van der Waals surface area contributed by atoms with E-state index in [1.54, 1.807) is 0 Å². The summed E-state index contributed by atoms with van der Waals surface area (Å²) in [5, 5.41) is 1.24. The SMILES string of the molecule is CCN(Cc1cccc(N)c1)Cc1cccc(Cl)c1Cl. The lowest BCUT2D eigenvalue weighted by Gasteiger charge is -2.21. The van der Waals surface area contributed by atoms with E-state index in [1.165, 1.54) is 5.56 Å². The number of hydrogen-bond donors (Lipinski definition) is 1. The van der Waals surface area contributed by atoms with E-state index >= 15 is 0 Å². The molecule has 0 amide bonds. The first-order valence-corrected chi connectivity index (χ1v) is 7.35. The Hall–Kier alpha value is -1.22. The van der Waals surface area contributed by atoms with Gasteiger partial charge in [-0.1, -0.05) is 54.4 Å². The van der Waals surface area contributed by atoms with Crippen molar-refractivity contribution in [2.45, 2.75) is 20.0 Å². The monoisotopic (exact) mass is 308 g/mol. The highest BCUT2D eigenvalue weighted by atomic mass is 35.5. The van der Waals surface area contributed by atoms with E-state index < -0.39 is 0 Å². The third-order valence-corrected chi connectivity index (χ3v) is 4.09. The summed E-state index contributed by atoms with van der Waals surface area (Å²) >= 11 is 12.3. The van der Waals surface area contributed by atoms with Gasteiger partial charge in [0.2, 0.25) is 0 Å². The normalized spacial score (nSPS) is 11.0. The standard InChI is InChI=1S/C16H18Cl2N2/c1-2-20(10-12-5-3-7-14(19)9-12)11-13-6-4-8-15(17)16(13)18/h3-9H,2,10-11,19H2,1H3. The van der Waals surface area contributed by atoms with Gasteiger partial charge >= 0.3 is 0 Å². The third kappa shape index (κ3) is 3.89. The number of nitrogen functional groups attached to an aromatic ring is 1. The van der Waals surface area contributed by atoms with Gasteiger partial charge in [0.1, 0.15) is 0 Å². The fourth-order valence-corrected chi connectivity index (χ4v) is 2.52. The predicted octanol–water partition coefficient (Wildman–Crippen LogP) is 4.60. The van der Waals surface area contributed by atoms with E-state index in [2.05, 4.69) is 17.9 Å². The quantitative estimate of drug-likeness (QED) is 0.818. The van der Waals surface area contributed by atoms with Crippen molar-refractivity contribution < 1.29 is 0 Å². The zero-order valence-corrected chi connectivity index (χ0v) is 13.0. The molecule has 0 bridgehead atoms. The van der Waals surface area contributed by atoms with E-state index in [0.29, 0.717) is 10.0 Å². The Balaban J connectivity index is 2.11. The summed E-state index contributed by atoms with van der Waals surface area (Å²) in [5.74, 6) is 0.